The molecule has 2 aliphatic rings. The first-order valence-corrected chi connectivity index (χ1v) is 9.88. The minimum atomic E-state index is -0.496. The van der Waals surface area contributed by atoms with Crippen LogP contribution in [0.2, 0.25) is 0 Å². The number of aliphatic hydroxyl groups is 1. The molecule has 4 nitrogen and oxygen atoms in total. The van der Waals surface area contributed by atoms with E-state index in [-0.39, 0.29) is 11.8 Å². The van der Waals surface area contributed by atoms with Crippen LogP contribution in [-0.2, 0) is 17.8 Å². The van der Waals surface area contributed by atoms with Crippen molar-refractivity contribution in [1.29, 1.82) is 0 Å². The van der Waals surface area contributed by atoms with Crippen LogP contribution in [0.15, 0.2) is 54.6 Å². The molecular weight excluding hydrogens is 338 g/mol. The number of amides is 1. The molecule has 2 fully saturated rings. The fourth-order valence-corrected chi connectivity index (χ4v) is 3.95. The van der Waals surface area contributed by atoms with Gasteiger partial charge in [-0.15, -0.1) is 0 Å². The number of ether oxygens (including phenoxy) is 1. The van der Waals surface area contributed by atoms with Crippen molar-refractivity contribution < 1.29 is 14.6 Å². The van der Waals surface area contributed by atoms with E-state index in [0.717, 1.165) is 49.1 Å². The molecule has 1 heterocycles. The summed E-state index contributed by atoms with van der Waals surface area (Å²) in [6, 6.07) is 17.9. The number of rotatable bonds is 6. The van der Waals surface area contributed by atoms with Crippen molar-refractivity contribution in [1.82, 2.24) is 4.90 Å². The van der Waals surface area contributed by atoms with Crippen molar-refractivity contribution in [3.8, 4) is 5.75 Å². The van der Waals surface area contributed by atoms with Crippen LogP contribution in [0, 0.1) is 5.92 Å². The summed E-state index contributed by atoms with van der Waals surface area (Å²) >= 11 is 0. The van der Waals surface area contributed by atoms with Crippen LogP contribution in [0.3, 0.4) is 0 Å². The third-order valence-electron chi connectivity index (χ3n) is 5.80. The zero-order valence-electron chi connectivity index (χ0n) is 15.6. The Morgan fingerprint density at radius 1 is 1.11 bits per heavy atom. The van der Waals surface area contributed by atoms with E-state index in [1.54, 1.807) is 0 Å². The topological polar surface area (TPSA) is 49.8 Å². The van der Waals surface area contributed by atoms with Gasteiger partial charge in [0.1, 0.15) is 12.4 Å². The maximum absolute atomic E-state index is 12.8. The molecule has 1 aliphatic carbocycles. The van der Waals surface area contributed by atoms with Crippen molar-refractivity contribution in [3.63, 3.8) is 0 Å². The highest BCUT2D eigenvalue weighted by atomic mass is 16.5. The van der Waals surface area contributed by atoms with E-state index in [1.807, 2.05) is 59.5 Å². The van der Waals surface area contributed by atoms with Crippen LogP contribution in [0.4, 0.5) is 0 Å². The third-order valence-corrected chi connectivity index (χ3v) is 5.80. The Morgan fingerprint density at radius 3 is 2.67 bits per heavy atom. The molecule has 1 saturated carbocycles. The first-order chi connectivity index (χ1) is 13.1. The molecule has 1 unspecified atom stereocenters. The summed E-state index contributed by atoms with van der Waals surface area (Å²) in [6.07, 6.45) is 4.18. The smallest absolute Gasteiger partial charge is 0.227 e. The van der Waals surface area contributed by atoms with Crippen LogP contribution in [0.5, 0.6) is 5.75 Å². The van der Waals surface area contributed by atoms with E-state index in [0.29, 0.717) is 19.6 Å². The molecular formula is C23H27NO3. The lowest BCUT2D eigenvalue weighted by molar-refractivity contribution is -0.133. The lowest BCUT2D eigenvalue weighted by atomic mass is 9.90. The van der Waals surface area contributed by atoms with Gasteiger partial charge < -0.3 is 14.7 Å². The average molecular weight is 365 g/mol. The first-order valence-electron chi connectivity index (χ1n) is 9.88. The average Bonchev–Trinajstić information content (AvgIpc) is 3.46. The number of nitrogens with zero attached hydrogens (tertiary/aromatic N) is 1. The predicted octanol–water partition coefficient (Wildman–Crippen LogP) is 3.57. The highest BCUT2D eigenvalue weighted by Gasteiger charge is 2.48. The first kappa shape index (κ1) is 18.1. The summed E-state index contributed by atoms with van der Waals surface area (Å²) < 4.78 is 5.87. The normalized spacial score (nSPS) is 20.9. The van der Waals surface area contributed by atoms with E-state index in [9.17, 15) is 9.90 Å². The van der Waals surface area contributed by atoms with E-state index in [4.69, 9.17) is 4.74 Å². The largest absolute Gasteiger partial charge is 0.489 e. The fraction of sp³-hybridized carbons (Fsp3) is 0.435. The van der Waals surface area contributed by atoms with Gasteiger partial charge >= 0.3 is 0 Å². The number of hydrogen-bond acceptors (Lipinski definition) is 3. The van der Waals surface area contributed by atoms with Crippen molar-refractivity contribution in [2.75, 3.05) is 13.1 Å². The van der Waals surface area contributed by atoms with Gasteiger partial charge in [0.15, 0.2) is 0 Å². The summed E-state index contributed by atoms with van der Waals surface area (Å²) in [5, 5.41) is 10.4. The fourth-order valence-electron chi connectivity index (χ4n) is 3.95. The van der Waals surface area contributed by atoms with Gasteiger partial charge in [-0.3, -0.25) is 4.79 Å². The Hall–Kier alpha value is -2.33. The van der Waals surface area contributed by atoms with Gasteiger partial charge in [0.2, 0.25) is 5.91 Å². The summed E-state index contributed by atoms with van der Waals surface area (Å²) in [4.78, 5) is 14.7. The number of hydrogen-bond donors (Lipinski definition) is 1. The summed E-state index contributed by atoms with van der Waals surface area (Å²) in [5.41, 5.74) is 1.60. The Labute approximate surface area is 160 Å². The maximum atomic E-state index is 12.8. The quantitative estimate of drug-likeness (QED) is 0.851. The molecule has 4 heteroatoms. The van der Waals surface area contributed by atoms with Crippen LogP contribution in [-0.4, -0.2) is 34.6 Å². The van der Waals surface area contributed by atoms with Gasteiger partial charge in [0.05, 0.1) is 12.0 Å². The molecule has 2 aromatic rings. The molecule has 142 valence electrons. The number of likely N-dealkylation sites (tertiary alicyclic amines) is 1. The molecule has 1 amide bonds. The van der Waals surface area contributed by atoms with E-state index >= 15 is 0 Å². The number of carbonyl (C=O) groups is 1. The van der Waals surface area contributed by atoms with Crippen LogP contribution in [0.1, 0.15) is 36.8 Å². The maximum Gasteiger partial charge on any atom is 0.227 e. The molecule has 0 aromatic heterocycles. The van der Waals surface area contributed by atoms with Crippen molar-refractivity contribution >= 4 is 5.91 Å². The summed E-state index contributed by atoms with van der Waals surface area (Å²) in [7, 11) is 0. The predicted molar refractivity (Wildman–Crippen MR) is 104 cm³/mol. The molecule has 0 radical (unpaired) electrons. The molecule has 1 atom stereocenters. The van der Waals surface area contributed by atoms with Gasteiger partial charge in [-0.05, 0) is 48.9 Å². The molecule has 2 aromatic carbocycles. The molecule has 0 bridgehead atoms. The second-order valence-electron chi connectivity index (χ2n) is 7.88. The zero-order chi connectivity index (χ0) is 18.7. The standard InChI is InChI=1S/C23H27NO3/c25-22(24-13-5-9-20(16-24)23(26)11-12-23)15-19-8-4-10-21(14-19)27-17-18-6-2-1-3-7-18/h1-4,6-8,10,14,20,26H,5,9,11-13,15-17H2. The van der Waals surface area contributed by atoms with Crippen molar-refractivity contribution in [3.05, 3.63) is 65.7 Å². The van der Waals surface area contributed by atoms with Gasteiger partial charge in [-0.1, -0.05) is 42.5 Å². The molecule has 4 rings (SSSR count). The monoisotopic (exact) mass is 365 g/mol. The summed E-state index contributed by atoms with van der Waals surface area (Å²) in [5.74, 6) is 1.17. The van der Waals surface area contributed by atoms with E-state index < -0.39 is 5.60 Å². The zero-order valence-corrected chi connectivity index (χ0v) is 15.6. The minimum absolute atomic E-state index is 0.143. The molecule has 27 heavy (non-hydrogen) atoms. The third kappa shape index (κ3) is 4.51. The Bertz CT molecular complexity index is 785. The summed E-state index contributed by atoms with van der Waals surface area (Å²) in [6.45, 7) is 2.01. The van der Waals surface area contributed by atoms with E-state index in [1.165, 1.54) is 0 Å². The lowest BCUT2D eigenvalue weighted by Gasteiger charge is -2.35. The molecule has 1 N–H and O–H groups in total. The molecule has 1 aliphatic heterocycles. The van der Waals surface area contributed by atoms with Gasteiger partial charge in [0.25, 0.3) is 0 Å². The minimum Gasteiger partial charge on any atom is -0.489 e. The molecule has 1 saturated heterocycles. The second kappa shape index (κ2) is 7.73. The van der Waals surface area contributed by atoms with Gasteiger partial charge in [0, 0.05) is 19.0 Å². The lowest BCUT2D eigenvalue weighted by Crippen LogP contribution is -2.44. The number of piperidine rings is 1. The van der Waals surface area contributed by atoms with Gasteiger partial charge in [-0.2, -0.15) is 0 Å². The highest BCUT2D eigenvalue weighted by molar-refractivity contribution is 5.79. The van der Waals surface area contributed by atoms with Gasteiger partial charge in [-0.25, -0.2) is 0 Å². The SMILES string of the molecule is O=C(Cc1cccc(OCc2ccccc2)c1)N1CCCC(C2(O)CC2)C1. The second-order valence-corrected chi connectivity index (χ2v) is 7.88. The molecule has 0 spiro atoms. The number of benzene rings is 2. The highest BCUT2D eigenvalue weighted by Crippen LogP contribution is 2.45. The number of carbonyl (C=O) groups excluding carboxylic acids is 1. The Morgan fingerprint density at radius 2 is 1.89 bits per heavy atom. The van der Waals surface area contributed by atoms with Crippen LogP contribution >= 0.6 is 0 Å². The van der Waals surface area contributed by atoms with Crippen molar-refractivity contribution in [2.45, 2.75) is 44.3 Å². The Balaban J connectivity index is 1.34. The van der Waals surface area contributed by atoms with E-state index in [2.05, 4.69) is 0 Å². The van der Waals surface area contributed by atoms with Crippen LogP contribution in [0.25, 0.3) is 0 Å². The van der Waals surface area contributed by atoms with Crippen molar-refractivity contribution in [2.24, 2.45) is 5.92 Å². The Kier molecular flexibility index (Phi) is 5.17. The van der Waals surface area contributed by atoms with Crippen LogP contribution < -0.4 is 4.74 Å².